The molecule has 0 fully saturated rings. The topological polar surface area (TPSA) is 29.9 Å². The average Bonchev–Trinajstić information content (AvgIpc) is 2.79. The van der Waals surface area contributed by atoms with E-state index in [9.17, 15) is 0 Å². The van der Waals surface area contributed by atoms with Gasteiger partial charge in [-0.25, -0.2) is 0 Å². The SMILES string of the molecule is CCCCCCCCC(NC)c1cc(C)nn1CC. The van der Waals surface area contributed by atoms with Crippen molar-refractivity contribution in [3.8, 4) is 0 Å². The molecule has 1 aromatic heterocycles. The van der Waals surface area contributed by atoms with E-state index in [0.29, 0.717) is 6.04 Å². The van der Waals surface area contributed by atoms with Crippen molar-refractivity contribution in [3.05, 3.63) is 17.5 Å². The molecule has 0 saturated heterocycles. The van der Waals surface area contributed by atoms with E-state index in [4.69, 9.17) is 0 Å². The summed E-state index contributed by atoms with van der Waals surface area (Å²) >= 11 is 0. The van der Waals surface area contributed by atoms with Crippen LogP contribution in [-0.2, 0) is 6.54 Å². The Hall–Kier alpha value is -0.830. The van der Waals surface area contributed by atoms with Crippen LogP contribution in [0, 0.1) is 6.92 Å². The van der Waals surface area contributed by atoms with Crippen molar-refractivity contribution >= 4 is 0 Å². The molecule has 0 amide bonds. The molecule has 1 N–H and O–H groups in total. The summed E-state index contributed by atoms with van der Waals surface area (Å²) in [6, 6.07) is 2.68. The Morgan fingerprint density at radius 2 is 1.84 bits per heavy atom. The largest absolute Gasteiger partial charge is 0.312 e. The molecule has 0 radical (unpaired) electrons. The predicted octanol–water partition coefficient (Wildman–Crippen LogP) is 4.22. The Bertz CT molecular complexity index is 344. The van der Waals surface area contributed by atoms with Gasteiger partial charge in [-0.1, -0.05) is 45.4 Å². The van der Waals surface area contributed by atoms with Crippen LogP contribution in [0.4, 0.5) is 0 Å². The van der Waals surface area contributed by atoms with E-state index in [-0.39, 0.29) is 0 Å². The Labute approximate surface area is 118 Å². The predicted molar refractivity (Wildman–Crippen MR) is 82.4 cm³/mol. The van der Waals surface area contributed by atoms with Crippen LogP contribution >= 0.6 is 0 Å². The minimum atomic E-state index is 0.451. The summed E-state index contributed by atoms with van der Waals surface area (Å²) in [5, 5.41) is 7.99. The standard InChI is InChI=1S/C16H31N3/c1-5-7-8-9-10-11-12-15(17-4)16-13-14(3)18-19(16)6-2/h13,15,17H,5-12H2,1-4H3. The van der Waals surface area contributed by atoms with Gasteiger partial charge in [0.1, 0.15) is 0 Å². The highest BCUT2D eigenvalue weighted by Gasteiger charge is 2.14. The van der Waals surface area contributed by atoms with Crippen molar-refractivity contribution in [1.29, 1.82) is 0 Å². The van der Waals surface area contributed by atoms with Crippen LogP contribution < -0.4 is 5.32 Å². The van der Waals surface area contributed by atoms with Gasteiger partial charge >= 0.3 is 0 Å². The fraction of sp³-hybridized carbons (Fsp3) is 0.812. The highest BCUT2D eigenvalue weighted by molar-refractivity contribution is 5.13. The fourth-order valence-electron chi connectivity index (χ4n) is 2.67. The fourth-order valence-corrected chi connectivity index (χ4v) is 2.67. The molecule has 3 heteroatoms. The van der Waals surface area contributed by atoms with Crippen LogP contribution in [0.2, 0.25) is 0 Å². The van der Waals surface area contributed by atoms with Gasteiger partial charge in [0.2, 0.25) is 0 Å². The number of nitrogens with one attached hydrogen (secondary N) is 1. The molecule has 0 spiro atoms. The minimum Gasteiger partial charge on any atom is -0.312 e. The summed E-state index contributed by atoms with van der Waals surface area (Å²) in [6.45, 7) is 7.46. The Balaban J connectivity index is 2.40. The molecule has 110 valence electrons. The number of unbranched alkanes of at least 4 members (excludes halogenated alkanes) is 5. The summed E-state index contributed by atoms with van der Waals surface area (Å²) in [4.78, 5) is 0. The molecule has 0 saturated carbocycles. The van der Waals surface area contributed by atoms with E-state index in [1.54, 1.807) is 0 Å². The van der Waals surface area contributed by atoms with Crippen molar-refractivity contribution in [2.45, 2.75) is 78.3 Å². The maximum atomic E-state index is 4.54. The number of rotatable bonds is 10. The summed E-state index contributed by atoms with van der Waals surface area (Å²) in [7, 11) is 2.06. The molecule has 1 unspecified atom stereocenters. The van der Waals surface area contributed by atoms with Gasteiger partial charge in [0.15, 0.2) is 0 Å². The third kappa shape index (κ3) is 5.35. The second-order valence-electron chi connectivity index (χ2n) is 5.42. The Kier molecular flexibility index (Phi) is 7.80. The van der Waals surface area contributed by atoms with E-state index in [1.807, 2.05) is 0 Å². The molecule has 3 nitrogen and oxygen atoms in total. The summed E-state index contributed by atoms with van der Waals surface area (Å²) in [5.74, 6) is 0. The van der Waals surface area contributed by atoms with Crippen LogP contribution in [0.15, 0.2) is 6.07 Å². The van der Waals surface area contributed by atoms with Gasteiger partial charge in [-0.2, -0.15) is 5.10 Å². The highest BCUT2D eigenvalue weighted by Crippen LogP contribution is 2.21. The second-order valence-corrected chi connectivity index (χ2v) is 5.42. The van der Waals surface area contributed by atoms with Crippen LogP contribution in [0.1, 0.15) is 76.2 Å². The van der Waals surface area contributed by atoms with E-state index < -0.39 is 0 Å². The van der Waals surface area contributed by atoms with Gasteiger partial charge in [0.05, 0.1) is 11.4 Å². The molecule has 0 aliphatic rings. The maximum Gasteiger partial charge on any atom is 0.0597 e. The third-order valence-corrected chi connectivity index (χ3v) is 3.78. The minimum absolute atomic E-state index is 0.451. The molecular weight excluding hydrogens is 234 g/mol. The molecule has 19 heavy (non-hydrogen) atoms. The summed E-state index contributed by atoms with van der Waals surface area (Å²) < 4.78 is 2.13. The molecule has 0 aromatic carbocycles. The Morgan fingerprint density at radius 3 is 2.47 bits per heavy atom. The number of aryl methyl sites for hydroxylation is 2. The van der Waals surface area contributed by atoms with E-state index >= 15 is 0 Å². The summed E-state index contributed by atoms with van der Waals surface area (Å²) in [5.41, 5.74) is 2.47. The van der Waals surface area contributed by atoms with Crippen molar-refractivity contribution in [2.75, 3.05) is 7.05 Å². The molecule has 1 heterocycles. The molecule has 0 bridgehead atoms. The molecular formula is C16H31N3. The average molecular weight is 265 g/mol. The van der Waals surface area contributed by atoms with Crippen molar-refractivity contribution < 1.29 is 0 Å². The van der Waals surface area contributed by atoms with E-state index in [1.165, 1.54) is 50.6 Å². The van der Waals surface area contributed by atoms with Crippen LogP contribution in [-0.4, -0.2) is 16.8 Å². The van der Waals surface area contributed by atoms with E-state index in [0.717, 1.165) is 12.2 Å². The lowest BCUT2D eigenvalue weighted by Gasteiger charge is -2.17. The molecule has 1 atom stereocenters. The van der Waals surface area contributed by atoms with Gasteiger partial charge in [0.25, 0.3) is 0 Å². The van der Waals surface area contributed by atoms with Crippen molar-refractivity contribution in [3.63, 3.8) is 0 Å². The van der Waals surface area contributed by atoms with Crippen LogP contribution in [0.25, 0.3) is 0 Å². The van der Waals surface area contributed by atoms with Gasteiger partial charge in [-0.15, -0.1) is 0 Å². The lowest BCUT2D eigenvalue weighted by molar-refractivity contribution is 0.460. The van der Waals surface area contributed by atoms with Gasteiger partial charge in [-0.3, -0.25) is 4.68 Å². The first-order valence-corrected chi connectivity index (χ1v) is 7.94. The highest BCUT2D eigenvalue weighted by atomic mass is 15.3. The lowest BCUT2D eigenvalue weighted by atomic mass is 10.0. The monoisotopic (exact) mass is 265 g/mol. The first-order chi connectivity index (χ1) is 9.22. The molecule has 1 aromatic rings. The van der Waals surface area contributed by atoms with Gasteiger partial charge in [0, 0.05) is 12.6 Å². The lowest BCUT2D eigenvalue weighted by Crippen LogP contribution is -2.20. The first kappa shape index (κ1) is 16.2. The van der Waals surface area contributed by atoms with Gasteiger partial charge < -0.3 is 5.32 Å². The van der Waals surface area contributed by atoms with Crippen LogP contribution in [0.3, 0.4) is 0 Å². The quantitative estimate of drug-likeness (QED) is 0.642. The molecule has 1 rings (SSSR count). The second kappa shape index (κ2) is 9.13. The van der Waals surface area contributed by atoms with E-state index in [2.05, 4.69) is 49.0 Å². The zero-order chi connectivity index (χ0) is 14.1. The maximum absolute atomic E-state index is 4.54. The number of hydrogen-bond donors (Lipinski definition) is 1. The van der Waals surface area contributed by atoms with Crippen LogP contribution in [0.5, 0.6) is 0 Å². The van der Waals surface area contributed by atoms with Crippen molar-refractivity contribution in [2.24, 2.45) is 0 Å². The zero-order valence-electron chi connectivity index (χ0n) is 13.2. The van der Waals surface area contributed by atoms with Gasteiger partial charge in [-0.05, 0) is 33.4 Å². The number of nitrogens with zero attached hydrogens (tertiary/aromatic N) is 2. The first-order valence-electron chi connectivity index (χ1n) is 7.94. The zero-order valence-corrected chi connectivity index (χ0v) is 13.2. The number of hydrogen-bond acceptors (Lipinski definition) is 2. The Morgan fingerprint density at radius 1 is 1.16 bits per heavy atom. The summed E-state index contributed by atoms with van der Waals surface area (Å²) in [6.07, 6.45) is 9.38. The molecule has 0 aliphatic carbocycles. The number of aromatic nitrogens is 2. The molecule has 0 aliphatic heterocycles. The normalized spacial score (nSPS) is 12.8. The third-order valence-electron chi connectivity index (χ3n) is 3.78. The van der Waals surface area contributed by atoms with Crippen molar-refractivity contribution in [1.82, 2.24) is 15.1 Å². The smallest absolute Gasteiger partial charge is 0.0597 e.